The Labute approximate surface area is 160 Å². The number of hydrogen-bond donors (Lipinski definition) is 1. The van der Waals surface area contributed by atoms with Crippen LogP contribution in [0.4, 0.5) is 28.9 Å². The second-order valence-corrected chi connectivity index (χ2v) is 6.74. The highest BCUT2D eigenvalue weighted by Gasteiger charge is 2.30. The van der Waals surface area contributed by atoms with Crippen LogP contribution in [-0.2, 0) is 11.0 Å². The van der Waals surface area contributed by atoms with Crippen LogP contribution in [0.1, 0.15) is 12.5 Å². The first-order valence-electron chi connectivity index (χ1n) is 8.97. The molecule has 1 saturated heterocycles. The Morgan fingerprint density at radius 2 is 1.54 bits per heavy atom. The molecule has 4 nitrogen and oxygen atoms in total. The summed E-state index contributed by atoms with van der Waals surface area (Å²) in [5.41, 5.74) is 0.508. The first-order chi connectivity index (χ1) is 13.2. The van der Waals surface area contributed by atoms with Gasteiger partial charge >= 0.3 is 6.18 Å². The van der Waals surface area contributed by atoms with Crippen LogP contribution >= 0.6 is 0 Å². The van der Waals surface area contributed by atoms with E-state index in [1.807, 2.05) is 4.90 Å². The van der Waals surface area contributed by atoms with E-state index in [0.29, 0.717) is 31.9 Å². The van der Waals surface area contributed by atoms with Crippen molar-refractivity contribution in [3.63, 3.8) is 0 Å². The molecular formula is C20H21F4N3O. The molecular weight excluding hydrogens is 374 g/mol. The van der Waals surface area contributed by atoms with Crippen molar-refractivity contribution in [2.24, 2.45) is 0 Å². The predicted molar refractivity (Wildman–Crippen MR) is 99.7 cm³/mol. The summed E-state index contributed by atoms with van der Waals surface area (Å²) in [6.45, 7) is 4.47. The van der Waals surface area contributed by atoms with Gasteiger partial charge in [-0.2, -0.15) is 13.2 Å². The second-order valence-electron chi connectivity index (χ2n) is 6.74. The van der Waals surface area contributed by atoms with Crippen LogP contribution in [0.2, 0.25) is 0 Å². The van der Waals surface area contributed by atoms with E-state index in [2.05, 4.69) is 10.2 Å². The molecule has 1 aliphatic heterocycles. The fourth-order valence-corrected chi connectivity index (χ4v) is 3.17. The third-order valence-electron chi connectivity index (χ3n) is 4.91. The summed E-state index contributed by atoms with van der Waals surface area (Å²) in [5.74, 6) is -0.550. The largest absolute Gasteiger partial charge is 0.416 e. The van der Waals surface area contributed by atoms with Crippen molar-refractivity contribution in [1.29, 1.82) is 0 Å². The molecule has 2 aromatic carbocycles. The minimum absolute atomic E-state index is 0.269. The molecule has 8 heteroatoms. The summed E-state index contributed by atoms with van der Waals surface area (Å²) in [5, 5.41) is 2.66. The lowest BCUT2D eigenvalue weighted by Gasteiger charge is -2.38. The molecule has 1 atom stereocenters. The van der Waals surface area contributed by atoms with E-state index in [4.69, 9.17) is 0 Å². The van der Waals surface area contributed by atoms with Gasteiger partial charge in [-0.15, -0.1) is 0 Å². The number of nitrogens with one attached hydrogen (secondary N) is 1. The highest BCUT2D eigenvalue weighted by molar-refractivity contribution is 5.94. The Balaban J connectivity index is 1.53. The van der Waals surface area contributed by atoms with Crippen molar-refractivity contribution in [2.45, 2.75) is 19.1 Å². The van der Waals surface area contributed by atoms with E-state index in [-0.39, 0.29) is 11.7 Å². The maximum atomic E-state index is 13.0. The molecule has 0 aliphatic carbocycles. The van der Waals surface area contributed by atoms with E-state index >= 15 is 0 Å². The lowest BCUT2D eigenvalue weighted by molar-refractivity contribution is -0.137. The van der Waals surface area contributed by atoms with Gasteiger partial charge in [0.2, 0.25) is 5.91 Å². The van der Waals surface area contributed by atoms with Crippen LogP contribution in [0.15, 0.2) is 48.5 Å². The topological polar surface area (TPSA) is 35.6 Å². The zero-order valence-electron chi connectivity index (χ0n) is 15.3. The number of amides is 1. The van der Waals surface area contributed by atoms with E-state index in [9.17, 15) is 22.4 Å². The van der Waals surface area contributed by atoms with Crippen LogP contribution in [0.5, 0.6) is 0 Å². The number of anilines is 2. The molecule has 1 N–H and O–H groups in total. The third-order valence-corrected chi connectivity index (χ3v) is 4.91. The Bertz CT molecular complexity index is 798. The van der Waals surface area contributed by atoms with Crippen LogP contribution in [0.25, 0.3) is 0 Å². The van der Waals surface area contributed by atoms with Gasteiger partial charge in [-0.1, -0.05) is 0 Å². The van der Waals surface area contributed by atoms with Crippen LogP contribution in [0.3, 0.4) is 0 Å². The monoisotopic (exact) mass is 395 g/mol. The number of piperazine rings is 1. The molecule has 0 radical (unpaired) electrons. The van der Waals surface area contributed by atoms with Crippen molar-refractivity contribution < 1.29 is 22.4 Å². The number of nitrogens with zero attached hydrogens (tertiary/aromatic N) is 2. The standard InChI is InChI=1S/C20H21F4N3O/c1-14(19(28)25-17-6-2-15(3-7-17)20(22,23)24)26-10-12-27(13-11-26)18-8-4-16(21)5-9-18/h2-9,14H,10-13H2,1H3,(H,25,28)/t14-/m0/s1. The number of rotatable bonds is 4. The maximum absolute atomic E-state index is 13.0. The number of benzene rings is 2. The van der Waals surface area contributed by atoms with Crippen molar-refractivity contribution in [2.75, 3.05) is 36.4 Å². The molecule has 1 heterocycles. The molecule has 150 valence electrons. The maximum Gasteiger partial charge on any atom is 0.416 e. The molecule has 0 spiro atoms. The lowest BCUT2D eigenvalue weighted by atomic mass is 10.1. The zero-order chi connectivity index (χ0) is 20.3. The summed E-state index contributed by atoms with van der Waals surface area (Å²) in [6, 6.07) is 10.3. The van der Waals surface area contributed by atoms with Gasteiger partial charge in [-0.05, 0) is 55.5 Å². The summed E-state index contributed by atoms with van der Waals surface area (Å²) >= 11 is 0. The Morgan fingerprint density at radius 3 is 2.07 bits per heavy atom. The van der Waals surface area contributed by atoms with Crippen molar-refractivity contribution in [3.05, 3.63) is 59.9 Å². The highest BCUT2D eigenvalue weighted by Crippen LogP contribution is 2.29. The fourth-order valence-electron chi connectivity index (χ4n) is 3.17. The van der Waals surface area contributed by atoms with E-state index in [0.717, 1.165) is 17.8 Å². The average Bonchev–Trinajstić information content (AvgIpc) is 2.68. The van der Waals surface area contributed by atoms with Crippen LogP contribution in [-0.4, -0.2) is 43.0 Å². The summed E-state index contributed by atoms with van der Waals surface area (Å²) in [4.78, 5) is 16.6. The third kappa shape index (κ3) is 4.81. The molecule has 0 unspecified atom stereocenters. The molecule has 0 bridgehead atoms. The predicted octanol–water partition coefficient (Wildman–Crippen LogP) is 3.99. The Morgan fingerprint density at radius 1 is 0.964 bits per heavy atom. The molecule has 1 aliphatic rings. The average molecular weight is 395 g/mol. The summed E-state index contributed by atoms with van der Waals surface area (Å²) < 4.78 is 50.9. The number of alkyl halides is 3. The number of carbonyl (C=O) groups is 1. The number of hydrogen-bond acceptors (Lipinski definition) is 3. The normalized spacial score (nSPS) is 16.7. The molecule has 28 heavy (non-hydrogen) atoms. The molecule has 3 rings (SSSR count). The molecule has 1 fully saturated rings. The van der Waals surface area contributed by atoms with Crippen LogP contribution < -0.4 is 10.2 Å². The Hall–Kier alpha value is -2.61. The van der Waals surface area contributed by atoms with E-state index in [1.54, 1.807) is 19.1 Å². The van der Waals surface area contributed by atoms with Crippen molar-refractivity contribution in [1.82, 2.24) is 4.90 Å². The van der Waals surface area contributed by atoms with Gasteiger partial charge in [0, 0.05) is 37.6 Å². The smallest absolute Gasteiger partial charge is 0.369 e. The molecule has 0 saturated carbocycles. The molecule has 0 aromatic heterocycles. The van der Waals surface area contributed by atoms with Gasteiger partial charge in [-0.25, -0.2) is 4.39 Å². The van der Waals surface area contributed by atoms with Gasteiger partial charge in [0.1, 0.15) is 5.82 Å². The number of halogens is 4. The van der Waals surface area contributed by atoms with Gasteiger partial charge in [0.15, 0.2) is 0 Å². The van der Waals surface area contributed by atoms with E-state index in [1.165, 1.54) is 24.3 Å². The Kier molecular flexibility index (Phi) is 5.88. The van der Waals surface area contributed by atoms with Crippen molar-refractivity contribution >= 4 is 17.3 Å². The van der Waals surface area contributed by atoms with Gasteiger partial charge in [-0.3, -0.25) is 9.69 Å². The fraction of sp³-hybridized carbons (Fsp3) is 0.350. The van der Waals surface area contributed by atoms with Gasteiger partial charge in [0.25, 0.3) is 0 Å². The van der Waals surface area contributed by atoms with Crippen LogP contribution in [0, 0.1) is 5.82 Å². The first-order valence-corrected chi connectivity index (χ1v) is 8.97. The van der Waals surface area contributed by atoms with Gasteiger partial charge in [0.05, 0.1) is 11.6 Å². The highest BCUT2D eigenvalue weighted by atomic mass is 19.4. The van der Waals surface area contributed by atoms with E-state index < -0.39 is 17.8 Å². The minimum Gasteiger partial charge on any atom is -0.369 e. The first kappa shape index (κ1) is 20.1. The minimum atomic E-state index is -4.40. The number of carbonyl (C=O) groups excluding carboxylic acids is 1. The zero-order valence-corrected chi connectivity index (χ0v) is 15.3. The molecule has 1 amide bonds. The molecule has 2 aromatic rings. The SMILES string of the molecule is C[C@@H](C(=O)Nc1ccc(C(F)(F)F)cc1)N1CCN(c2ccc(F)cc2)CC1. The summed E-state index contributed by atoms with van der Waals surface area (Å²) in [6.07, 6.45) is -4.40. The quantitative estimate of drug-likeness (QED) is 0.795. The lowest BCUT2D eigenvalue weighted by Crippen LogP contribution is -2.52. The summed E-state index contributed by atoms with van der Waals surface area (Å²) in [7, 11) is 0. The van der Waals surface area contributed by atoms with Crippen molar-refractivity contribution in [3.8, 4) is 0 Å². The van der Waals surface area contributed by atoms with Gasteiger partial charge < -0.3 is 10.2 Å². The second kappa shape index (κ2) is 8.18.